The summed E-state index contributed by atoms with van der Waals surface area (Å²) in [5.74, 6) is 1.41. The summed E-state index contributed by atoms with van der Waals surface area (Å²) in [6.07, 6.45) is 10.4. The minimum Gasteiger partial charge on any atom is -0.486 e. The van der Waals surface area contributed by atoms with Crippen LogP contribution in [-0.2, 0) is 4.79 Å². The molecule has 2 atom stereocenters. The lowest BCUT2D eigenvalue weighted by molar-refractivity contribution is -0.123. The summed E-state index contributed by atoms with van der Waals surface area (Å²) in [5.41, 5.74) is 0.754. The van der Waals surface area contributed by atoms with Gasteiger partial charge in [-0.1, -0.05) is 51.5 Å². The van der Waals surface area contributed by atoms with Crippen molar-refractivity contribution in [1.29, 1.82) is 0 Å². The Hall–Kier alpha value is -1.79. The number of benzene rings is 1. The van der Waals surface area contributed by atoms with Crippen LogP contribution >= 0.6 is 0 Å². The molecule has 0 saturated carbocycles. The molecule has 1 fully saturated rings. The summed E-state index contributed by atoms with van der Waals surface area (Å²) in [6, 6.07) is 5.23. The van der Waals surface area contributed by atoms with Crippen LogP contribution in [0.25, 0.3) is 0 Å². The number of nitrogens with one attached hydrogen (secondary N) is 1. The van der Waals surface area contributed by atoms with Gasteiger partial charge in [-0.25, -0.2) is 0 Å². The van der Waals surface area contributed by atoms with Crippen molar-refractivity contribution in [2.24, 2.45) is 0 Å². The fourth-order valence-corrected chi connectivity index (χ4v) is 4.47. The zero-order chi connectivity index (χ0) is 21.9. The zero-order valence-corrected chi connectivity index (χ0v) is 19.1. The quantitative estimate of drug-likeness (QED) is 0.457. The number of aliphatic hydroxyl groups is 1. The Kier molecular flexibility index (Phi) is 9.94. The first-order chi connectivity index (χ1) is 15.2. The molecule has 6 nitrogen and oxygen atoms in total. The molecule has 3 rings (SSSR count). The lowest BCUT2D eigenvalue weighted by Gasteiger charge is -2.29. The highest BCUT2D eigenvalue weighted by atomic mass is 16.6. The molecule has 0 aliphatic carbocycles. The molecule has 1 saturated heterocycles. The van der Waals surface area contributed by atoms with Crippen molar-refractivity contribution in [3.63, 3.8) is 0 Å². The van der Waals surface area contributed by atoms with Crippen LogP contribution < -0.4 is 14.8 Å². The molecular weight excluding hydrogens is 392 g/mol. The third-order valence-corrected chi connectivity index (χ3v) is 6.30. The van der Waals surface area contributed by atoms with Gasteiger partial charge in [-0.2, -0.15) is 0 Å². The molecular formula is C25H40N2O4. The van der Waals surface area contributed by atoms with E-state index in [-0.39, 0.29) is 11.9 Å². The molecule has 1 aromatic carbocycles. The lowest BCUT2D eigenvalue weighted by Crippen LogP contribution is -2.46. The van der Waals surface area contributed by atoms with Crippen LogP contribution in [0.1, 0.15) is 82.8 Å². The highest BCUT2D eigenvalue weighted by molar-refractivity contribution is 5.76. The number of carbonyl (C=O) groups excluding carboxylic acids is 1. The largest absolute Gasteiger partial charge is 0.486 e. The molecule has 1 unspecified atom stereocenters. The second-order valence-electron chi connectivity index (χ2n) is 8.90. The highest BCUT2D eigenvalue weighted by Crippen LogP contribution is 2.33. The van der Waals surface area contributed by atoms with E-state index in [4.69, 9.17) is 9.47 Å². The highest BCUT2D eigenvalue weighted by Gasteiger charge is 2.27. The maximum absolute atomic E-state index is 12.6. The normalized spacial score (nSPS) is 18.0. The van der Waals surface area contributed by atoms with E-state index >= 15 is 0 Å². The number of ether oxygens (including phenoxy) is 2. The van der Waals surface area contributed by atoms with Gasteiger partial charge in [0, 0.05) is 13.0 Å². The van der Waals surface area contributed by atoms with Crippen LogP contribution in [0.3, 0.4) is 0 Å². The molecule has 174 valence electrons. The lowest BCUT2D eigenvalue weighted by atomic mass is 10.0. The van der Waals surface area contributed by atoms with Crippen molar-refractivity contribution >= 4 is 5.91 Å². The minimum absolute atomic E-state index is 0.0364. The number of carbonyl (C=O) groups is 1. The maximum Gasteiger partial charge on any atom is 0.220 e. The fourth-order valence-electron chi connectivity index (χ4n) is 4.47. The average Bonchev–Trinajstić information content (AvgIpc) is 3.30. The second-order valence-corrected chi connectivity index (χ2v) is 8.90. The molecule has 1 amide bonds. The second kappa shape index (κ2) is 12.9. The van der Waals surface area contributed by atoms with Crippen molar-refractivity contribution in [1.82, 2.24) is 10.2 Å². The summed E-state index contributed by atoms with van der Waals surface area (Å²) in [5, 5.41) is 14.3. The molecule has 31 heavy (non-hydrogen) atoms. The van der Waals surface area contributed by atoms with Gasteiger partial charge < -0.3 is 24.8 Å². The summed E-state index contributed by atoms with van der Waals surface area (Å²) >= 11 is 0. The van der Waals surface area contributed by atoms with Crippen LogP contribution in [-0.4, -0.2) is 54.8 Å². The van der Waals surface area contributed by atoms with E-state index < -0.39 is 6.10 Å². The number of aliphatic hydroxyl groups excluding tert-OH is 1. The van der Waals surface area contributed by atoms with Gasteiger partial charge in [-0.15, -0.1) is 0 Å². The van der Waals surface area contributed by atoms with Gasteiger partial charge in [-0.05, 0) is 50.0 Å². The first kappa shape index (κ1) is 23.9. The molecule has 2 aliphatic rings. The Bertz CT molecular complexity index is 675. The summed E-state index contributed by atoms with van der Waals surface area (Å²) in [6.45, 7) is 6.00. The van der Waals surface area contributed by atoms with E-state index in [9.17, 15) is 9.90 Å². The topological polar surface area (TPSA) is 71.0 Å². The summed E-state index contributed by atoms with van der Waals surface area (Å²) < 4.78 is 11.3. The van der Waals surface area contributed by atoms with Gasteiger partial charge in [0.1, 0.15) is 19.3 Å². The van der Waals surface area contributed by atoms with Gasteiger partial charge in [0.25, 0.3) is 0 Å². The van der Waals surface area contributed by atoms with Gasteiger partial charge in [0.2, 0.25) is 5.91 Å². The van der Waals surface area contributed by atoms with E-state index in [2.05, 4.69) is 17.1 Å². The van der Waals surface area contributed by atoms with Gasteiger partial charge in [0.15, 0.2) is 11.5 Å². The number of hydrogen-bond donors (Lipinski definition) is 2. The van der Waals surface area contributed by atoms with E-state index in [0.29, 0.717) is 37.7 Å². The molecule has 0 bridgehead atoms. The Morgan fingerprint density at radius 2 is 1.71 bits per heavy atom. The van der Waals surface area contributed by atoms with Crippen LogP contribution in [0.4, 0.5) is 0 Å². The van der Waals surface area contributed by atoms with E-state index in [1.807, 2.05) is 18.2 Å². The molecule has 2 aliphatic heterocycles. The third-order valence-electron chi connectivity index (χ3n) is 6.30. The number of likely N-dealkylation sites (tertiary alicyclic amines) is 1. The number of rotatable bonds is 13. The average molecular weight is 433 g/mol. The van der Waals surface area contributed by atoms with Crippen molar-refractivity contribution in [2.75, 3.05) is 32.8 Å². The van der Waals surface area contributed by atoms with Crippen molar-refractivity contribution in [3.8, 4) is 11.5 Å². The Morgan fingerprint density at radius 3 is 2.45 bits per heavy atom. The fraction of sp³-hybridized carbons (Fsp3) is 0.720. The van der Waals surface area contributed by atoms with E-state index in [0.717, 1.165) is 31.5 Å². The molecule has 1 aromatic rings. The zero-order valence-electron chi connectivity index (χ0n) is 19.1. The Labute approximate surface area is 187 Å². The molecule has 2 N–H and O–H groups in total. The smallest absolute Gasteiger partial charge is 0.220 e. The van der Waals surface area contributed by atoms with Gasteiger partial charge in [-0.3, -0.25) is 4.79 Å². The van der Waals surface area contributed by atoms with Gasteiger partial charge in [0.05, 0.1) is 6.04 Å². The number of fused-ring (bicyclic) bond motifs is 1. The molecule has 6 heteroatoms. The van der Waals surface area contributed by atoms with Crippen molar-refractivity contribution < 1.29 is 19.4 Å². The predicted octanol–water partition coefficient (Wildman–Crippen LogP) is 4.21. The van der Waals surface area contributed by atoms with Crippen LogP contribution in [0.5, 0.6) is 11.5 Å². The third kappa shape index (κ3) is 7.69. The van der Waals surface area contributed by atoms with Crippen LogP contribution in [0.15, 0.2) is 18.2 Å². The molecule has 0 radical (unpaired) electrons. The van der Waals surface area contributed by atoms with Crippen LogP contribution in [0, 0.1) is 0 Å². The van der Waals surface area contributed by atoms with Crippen molar-refractivity contribution in [3.05, 3.63) is 23.8 Å². The number of nitrogens with zero attached hydrogens (tertiary/aromatic N) is 1. The van der Waals surface area contributed by atoms with E-state index in [1.54, 1.807) is 0 Å². The number of unbranched alkanes of at least 4 members (excludes halogenated alkanes) is 6. The Morgan fingerprint density at radius 1 is 1.03 bits per heavy atom. The monoisotopic (exact) mass is 432 g/mol. The first-order valence-corrected chi connectivity index (χ1v) is 12.3. The number of amides is 1. The van der Waals surface area contributed by atoms with Gasteiger partial charge >= 0.3 is 0 Å². The molecule has 0 spiro atoms. The summed E-state index contributed by atoms with van der Waals surface area (Å²) in [4.78, 5) is 15.0. The predicted molar refractivity (Wildman–Crippen MR) is 123 cm³/mol. The SMILES string of the molecule is CCCCCCCCCC(=O)N[C@@H](CN1CCCC1)C(O)c1ccc2c(c1)OCCO2. The van der Waals surface area contributed by atoms with Crippen LogP contribution in [0.2, 0.25) is 0 Å². The van der Waals surface area contributed by atoms with E-state index in [1.165, 1.54) is 44.9 Å². The standard InChI is InChI=1S/C25H40N2O4/c1-2-3-4-5-6-7-8-11-24(28)26-21(19-27-14-9-10-15-27)25(29)20-12-13-22-23(18-20)31-17-16-30-22/h12-13,18,21,25,29H,2-11,14-17,19H2,1H3,(H,26,28)/t21-,25?/m0/s1. The molecule has 0 aromatic heterocycles. The van der Waals surface area contributed by atoms with Crippen molar-refractivity contribution in [2.45, 2.75) is 83.3 Å². The maximum atomic E-state index is 12.6. The number of hydrogen-bond acceptors (Lipinski definition) is 5. The molecule has 2 heterocycles. The first-order valence-electron chi connectivity index (χ1n) is 12.3. The minimum atomic E-state index is -0.783. The Balaban J connectivity index is 1.54. The summed E-state index contributed by atoms with van der Waals surface area (Å²) in [7, 11) is 0.